The van der Waals surface area contributed by atoms with Crippen molar-refractivity contribution in [1.29, 1.82) is 0 Å². The van der Waals surface area contributed by atoms with Crippen LogP contribution in [0, 0.1) is 5.92 Å². The Bertz CT molecular complexity index is 320. The molecule has 1 radical (unpaired) electrons. The topological polar surface area (TPSA) is 9.23 Å². The Morgan fingerprint density at radius 1 is 1.57 bits per heavy atom. The van der Waals surface area contributed by atoms with E-state index in [9.17, 15) is 0 Å². The van der Waals surface area contributed by atoms with Crippen molar-refractivity contribution in [2.75, 3.05) is 6.61 Å². The Morgan fingerprint density at radius 2 is 2.29 bits per heavy atom. The van der Waals surface area contributed by atoms with Crippen LogP contribution in [-0.4, -0.2) is 6.61 Å². The standard InChI is InChI=1S/C12H14ClO/c1-4-9(3)10-6-7-12(14-5-2)11(13)8-10/h4,6-8H,1,5H2,2-3H3. The zero-order valence-corrected chi connectivity index (χ0v) is 9.27. The third kappa shape index (κ3) is 2.52. The summed E-state index contributed by atoms with van der Waals surface area (Å²) in [6, 6.07) is 5.76. The van der Waals surface area contributed by atoms with Crippen molar-refractivity contribution in [3.63, 3.8) is 0 Å². The Balaban J connectivity index is 2.93. The second-order valence-corrected chi connectivity index (χ2v) is 3.37. The maximum atomic E-state index is 6.04. The fourth-order valence-corrected chi connectivity index (χ4v) is 1.37. The van der Waals surface area contributed by atoms with Crippen LogP contribution in [0.5, 0.6) is 5.75 Å². The number of benzene rings is 1. The van der Waals surface area contributed by atoms with Gasteiger partial charge in [0.05, 0.1) is 11.6 Å². The average Bonchev–Trinajstić information content (AvgIpc) is 2.20. The molecule has 0 spiro atoms. The van der Waals surface area contributed by atoms with Crippen molar-refractivity contribution in [2.45, 2.75) is 13.8 Å². The van der Waals surface area contributed by atoms with E-state index in [-0.39, 0.29) is 0 Å². The summed E-state index contributed by atoms with van der Waals surface area (Å²) in [7, 11) is 0. The second kappa shape index (κ2) is 5.06. The van der Waals surface area contributed by atoms with Crippen LogP contribution in [0.2, 0.25) is 5.02 Å². The molecule has 0 saturated carbocycles. The van der Waals surface area contributed by atoms with Crippen molar-refractivity contribution in [3.8, 4) is 5.75 Å². The molecular formula is C12H14ClO. The number of hydrogen-bond acceptors (Lipinski definition) is 1. The zero-order valence-electron chi connectivity index (χ0n) is 8.51. The van der Waals surface area contributed by atoms with Crippen molar-refractivity contribution >= 4 is 11.6 Å². The van der Waals surface area contributed by atoms with Crippen LogP contribution in [0.25, 0.3) is 0 Å². The highest BCUT2D eigenvalue weighted by Crippen LogP contribution is 2.28. The van der Waals surface area contributed by atoms with Crippen LogP contribution in [0.15, 0.2) is 30.9 Å². The van der Waals surface area contributed by atoms with Gasteiger partial charge in [-0.15, -0.1) is 6.58 Å². The summed E-state index contributed by atoms with van der Waals surface area (Å²) in [5.74, 6) is 1.84. The Labute approximate surface area is 90.3 Å². The average molecular weight is 210 g/mol. The molecule has 0 aliphatic rings. The molecule has 0 bridgehead atoms. The molecule has 0 amide bonds. The van der Waals surface area contributed by atoms with Crippen LogP contribution < -0.4 is 4.74 Å². The fourth-order valence-electron chi connectivity index (χ4n) is 1.14. The molecule has 1 nitrogen and oxygen atoms in total. The van der Waals surface area contributed by atoms with Gasteiger partial charge in [0.25, 0.3) is 0 Å². The summed E-state index contributed by atoms with van der Waals surface area (Å²) in [5, 5.41) is 0.644. The maximum absolute atomic E-state index is 6.04. The summed E-state index contributed by atoms with van der Waals surface area (Å²) in [4.78, 5) is 0. The van der Waals surface area contributed by atoms with Crippen molar-refractivity contribution in [1.82, 2.24) is 0 Å². The van der Waals surface area contributed by atoms with Crippen LogP contribution >= 0.6 is 11.6 Å². The molecule has 0 aliphatic heterocycles. The highest BCUT2D eigenvalue weighted by Gasteiger charge is 2.06. The molecule has 0 unspecified atom stereocenters. The van der Waals surface area contributed by atoms with Gasteiger partial charge in [0.2, 0.25) is 0 Å². The molecule has 0 N–H and O–H groups in total. The molecule has 0 aromatic heterocycles. The molecule has 1 aromatic rings. The highest BCUT2D eigenvalue weighted by molar-refractivity contribution is 6.32. The van der Waals surface area contributed by atoms with Gasteiger partial charge in [-0.25, -0.2) is 0 Å². The SMILES string of the molecule is C=C[C](C)c1ccc(OCC)c(Cl)c1. The quantitative estimate of drug-likeness (QED) is 0.732. The van der Waals surface area contributed by atoms with E-state index >= 15 is 0 Å². The van der Waals surface area contributed by atoms with Crippen LogP contribution in [0.4, 0.5) is 0 Å². The summed E-state index contributed by atoms with van der Waals surface area (Å²) >= 11 is 6.04. The summed E-state index contributed by atoms with van der Waals surface area (Å²) < 4.78 is 5.34. The van der Waals surface area contributed by atoms with Crippen molar-refractivity contribution in [3.05, 3.63) is 47.4 Å². The smallest absolute Gasteiger partial charge is 0.137 e. The third-order valence-electron chi connectivity index (χ3n) is 1.99. The predicted molar refractivity (Wildman–Crippen MR) is 60.8 cm³/mol. The molecule has 14 heavy (non-hydrogen) atoms. The lowest BCUT2D eigenvalue weighted by Crippen LogP contribution is -1.94. The molecule has 0 heterocycles. The maximum Gasteiger partial charge on any atom is 0.137 e. The number of allylic oxidation sites excluding steroid dienone is 1. The number of rotatable bonds is 4. The minimum atomic E-state index is 0.628. The van der Waals surface area contributed by atoms with Gasteiger partial charge >= 0.3 is 0 Å². The van der Waals surface area contributed by atoms with E-state index in [0.29, 0.717) is 11.6 Å². The lowest BCUT2D eigenvalue weighted by Gasteiger charge is -2.09. The van der Waals surface area contributed by atoms with Gasteiger partial charge in [0.1, 0.15) is 5.75 Å². The molecule has 0 atom stereocenters. The summed E-state index contributed by atoms with van der Waals surface area (Å²) in [6.07, 6.45) is 1.81. The van der Waals surface area contributed by atoms with Gasteiger partial charge in [0, 0.05) is 5.92 Å². The van der Waals surface area contributed by atoms with E-state index in [0.717, 1.165) is 17.2 Å². The Hall–Kier alpha value is -0.950. The highest BCUT2D eigenvalue weighted by atomic mass is 35.5. The van der Waals surface area contributed by atoms with Gasteiger partial charge in [0.15, 0.2) is 0 Å². The third-order valence-corrected chi connectivity index (χ3v) is 2.29. The zero-order chi connectivity index (χ0) is 10.6. The van der Waals surface area contributed by atoms with Crippen LogP contribution in [0.3, 0.4) is 0 Å². The molecule has 2 heteroatoms. The number of hydrogen-bond donors (Lipinski definition) is 0. The van der Waals surface area contributed by atoms with Gasteiger partial charge in [-0.2, -0.15) is 0 Å². The first kappa shape index (κ1) is 11.1. The monoisotopic (exact) mass is 209 g/mol. The minimum Gasteiger partial charge on any atom is -0.492 e. The van der Waals surface area contributed by atoms with E-state index in [4.69, 9.17) is 16.3 Å². The van der Waals surface area contributed by atoms with Crippen molar-refractivity contribution < 1.29 is 4.74 Å². The molecule has 1 rings (SSSR count). The van der Waals surface area contributed by atoms with E-state index in [1.165, 1.54) is 0 Å². The lowest BCUT2D eigenvalue weighted by atomic mass is 10.0. The number of halogens is 1. The largest absolute Gasteiger partial charge is 0.492 e. The van der Waals surface area contributed by atoms with E-state index in [2.05, 4.69) is 6.58 Å². The first-order valence-corrected chi connectivity index (χ1v) is 4.95. The van der Waals surface area contributed by atoms with Gasteiger partial charge in [-0.05, 0) is 24.6 Å². The summed E-state index contributed by atoms with van der Waals surface area (Å²) in [6.45, 7) is 8.28. The van der Waals surface area contributed by atoms with Crippen LogP contribution in [0.1, 0.15) is 19.4 Å². The molecule has 0 fully saturated rings. The predicted octanol–water partition coefficient (Wildman–Crippen LogP) is 3.87. The molecular weight excluding hydrogens is 196 g/mol. The Morgan fingerprint density at radius 3 is 2.79 bits per heavy atom. The first-order valence-electron chi connectivity index (χ1n) is 4.57. The molecule has 75 valence electrons. The molecule has 0 aliphatic carbocycles. The Kier molecular flexibility index (Phi) is 4.02. The van der Waals surface area contributed by atoms with Gasteiger partial charge in [-0.1, -0.05) is 30.7 Å². The van der Waals surface area contributed by atoms with E-state index < -0.39 is 0 Å². The normalized spacial score (nSPS) is 10.3. The van der Waals surface area contributed by atoms with E-state index in [1.807, 2.05) is 38.1 Å². The first-order chi connectivity index (χ1) is 6.69. The summed E-state index contributed by atoms with van der Waals surface area (Å²) in [5.41, 5.74) is 1.08. The molecule has 1 aromatic carbocycles. The minimum absolute atomic E-state index is 0.628. The lowest BCUT2D eigenvalue weighted by molar-refractivity contribution is 0.340. The van der Waals surface area contributed by atoms with E-state index in [1.54, 1.807) is 0 Å². The second-order valence-electron chi connectivity index (χ2n) is 2.97. The van der Waals surface area contributed by atoms with Crippen molar-refractivity contribution in [2.24, 2.45) is 0 Å². The number of ether oxygens (including phenoxy) is 1. The molecule has 0 saturated heterocycles. The van der Waals surface area contributed by atoms with Crippen LogP contribution in [-0.2, 0) is 0 Å². The van der Waals surface area contributed by atoms with Gasteiger partial charge in [-0.3, -0.25) is 0 Å². The fraction of sp³-hybridized carbons (Fsp3) is 0.250. The van der Waals surface area contributed by atoms with Gasteiger partial charge < -0.3 is 4.74 Å².